The maximum absolute atomic E-state index is 12.8. The maximum atomic E-state index is 12.8. The van der Waals surface area contributed by atoms with Crippen LogP contribution >= 0.6 is 23.1 Å². The van der Waals surface area contributed by atoms with Crippen molar-refractivity contribution in [3.8, 4) is 0 Å². The first-order chi connectivity index (χ1) is 11.1. The number of nitrogens with one attached hydrogen (secondary N) is 1. The van der Waals surface area contributed by atoms with Gasteiger partial charge >= 0.3 is 0 Å². The van der Waals surface area contributed by atoms with E-state index in [1.54, 1.807) is 11.8 Å². The zero-order valence-electron chi connectivity index (χ0n) is 13.7. The molecule has 1 amide bonds. The molecule has 1 aliphatic heterocycles. The van der Waals surface area contributed by atoms with Crippen molar-refractivity contribution in [1.29, 1.82) is 0 Å². The molecule has 1 aromatic carbocycles. The summed E-state index contributed by atoms with van der Waals surface area (Å²) in [5.74, 6) is -0.0722. The molecular formula is C17H21N3OS2. The van der Waals surface area contributed by atoms with Crippen molar-refractivity contribution in [3.63, 3.8) is 0 Å². The predicted molar refractivity (Wildman–Crippen MR) is 99.2 cm³/mol. The van der Waals surface area contributed by atoms with E-state index in [1.165, 1.54) is 24.2 Å². The molecule has 23 heavy (non-hydrogen) atoms. The van der Waals surface area contributed by atoms with Crippen LogP contribution in [0.4, 0.5) is 10.8 Å². The fourth-order valence-corrected chi connectivity index (χ4v) is 4.46. The highest BCUT2D eigenvalue weighted by molar-refractivity contribution is 8.00. The monoisotopic (exact) mass is 347 g/mol. The second kappa shape index (κ2) is 6.93. The van der Waals surface area contributed by atoms with Crippen molar-refractivity contribution in [2.45, 2.75) is 30.9 Å². The molecule has 122 valence electrons. The molecule has 0 saturated carbocycles. The van der Waals surface area contributed by atoms with Gasteiger partial charge in [-0.25, -0.2) is 4.98 Å². The number of aryl methyl sites for hydroxylation is 2. The van der Waals surface area contributed by atoms with Gasteiger partial charge in [0.05, 0.1) is 15.5 Å². The smallest absolute Gasteiger partial charge is 0.259 e. The zero-order chi connectivity index (χ0) is 16.4. The molecule has 1 fully saturated rings. The van der Waals surface area contributed by atoms with E-state index >= 15 is 0 Å². The van der Waals surface area contributed by atoms with Gasteiger partial charge in [-0.15, -0.1) is 11.8 Å². The molecule has 6 heteroatoms. The molecule has 0 aliphatic carbocycles. The number of benzene rings is 1. The van der Waals surface area contributed by atoms with Gasteiger partial charge in [0.25, 0.3) is 5.91 Å². The fraction of sp³-hybridized carbons (Fsp3) is 0.412. The highest BCUT2D eigenvalue weighted by atomic mass is 32.2. The molecule has 0 spiro atoms. The van der Waals surface area contributed by atoms with Crippen LogP contribution in [0.1, 0.15) is 34.5 Å². The average Bonchev–Trinajstić information content (AvgIpc) is 3.16. The molecule has 2 heterocycles. The minimum atomic E-state index is -0.0722. The van der Waals surface area contributed by atoms with E-state index in [2.05, 4.69) is 27.3 Å². The maximum Gasteiger partial charge on any atom is 0.259 e. The first kappa shape index (κ1) is 16.3. The van der Waals surface area contributed by atoms with Gasteiger partial charge in [-0.2, -0.15) is 0 Å². The standard InChI is InChI=1S/C17H21N3OS2/c1-11-6-7-14(20-8-4-5-9-20)13(10-11)15(21)19-17-18-12(2)16(22-3)23-17/h6-7,10H,4-5,8-9H2,1-3H3,(H,18,19,21). The van der Waals surface area contributed by atoms with Crippen molar-refractivity contribution in [3.05, 3.63) is 35.0 Å². The van der Waals surface area contributed by atoms with Gasteiger partial charge in [0.2, 0.25) is 0 Å². The molecule has 2 aromatic rings. The molecule has 0 bridgehead atoms. The largest absolute Gasteiger partial charge is 0.371 e. The molecule has 0 radical (unpaired) electrons. The lowest BCUT2D eigenvalue weighted by Gasteiger charge is -2.21. The summed E-state index contributed by atoms with van der Waals surface area (Å²) in [6.45, 7) is 6.04. The van der Waals surface area contributed by atoms with E-state index in [4.69, 9.17) is 0 Å². The second-order valence-electron chi connectivity index (χ2n) is 5.76. The van der Waals surface area contributed by atoms with Crippen molar-refractivity contribution in [2.24, 2.45) is 0 Å². The first-order valence-corrected chi connectivity index (χ1v) is 9.81. The molecule has 1 aromatic heterocycles. The summed E-state index contributed by atoms with van der Waals surface area (Å²) >= 11 is 3.19. The van der Waals surface area contributed by atoms with Crippen LogP contribution in [0.3, 0.4) is 0 Å². The number of rotatable bonds is 4. The number of anilines is 2. The van der Waals surface area contributed by atoms with Crippen LogP contribution in [-0.4, -0.2) is 30.2 Å². The Balaban J connectivity index is 1.87. The Bertz CT molecular complexity index is 721. The molecule has 4 nitrogen and oxygen atoms in total. The summed E-state index contributed by atoms with van der Waals surface area (Å²) in [7, 11) is 0. The number of carbonyl (C=O) groups excluding carboxylic acids is 1. The van der Waals surface area contributed by atoms with Crippen LogP contribution in [0.15, 0.2) is 22.4 Å². The lowest BCUT2D eigenvalue weighted by Crippen LogP contribution is -2.23. The summed E-state index contributed by atoms with van der Waals surface area (Å²) in [4.78, 5) is 19.5. The summed E-state index contributed by atoms with van der Waals surface area (Å²) in [5, 5.41) is 3.65. The van der Waals surface area contributed by atoms with Crippen molar-refractivity contribution >= 4 is 39.8 Å². The SMILES string of the molecule is CSc1sc(NC(=O)c2cc(C)ccc2N2CCCC2)nc1C. The molecule has 0 unspecified atom stereocenters. The molecule has 0 atom stereocenters. The Morgan fingerprint density at radius 3 is 2.70 bits per heavy atom. The third-order valence-corrected chi connectivity index (χ3v) is 6.29. The molecule has 3 rings (SSSR count). The normalized spacial score (nSPS) is 14.3. The quantitative estimate of drug-likeness (QED) is 0.836. The van der Waals surface area contributed by atoms with Gasteiger partial charge in [0, 0.05) is 18.8 Å². The van der Waals surface area contributed by atoms with Gasteiger partial charge in [0.1, 0.15) is 0 Å². The highest BCUT2D eigenvalue weighted by Crippen LogP contribution is 2.31. The second-order valence-corrected chi connectivity index (χ2v) is 7.84. The van der Waals surface area contributed by atoms with Crippen LogP contribution < -0.4 is 10.2 Å². The highest BCUT2D eigenvalue weighted by Gasteiger charge is 2.20. The van der Waals surface area contributed by atoms with Gasteiger partial charge in [-0.05, 0) is 45.1 Å². The summed E-state index contributed by atoms with van der Waals surface area (Å²) in [6.07, 6.45) is 4.41. The Kier molecular flexibility index (Phi) is 4.92. The van der Waals surface area contributed by atoms with Crippen LogP contribution in [0.25, 0.3) is 0 Å². The number of hydrogen-bond donors (Lipinski definition) is 1. The minimum absolute atomic E-state index is 0.0722. The number of aromatic nitrogens is 1. The molecule has 1 N–H and O–H groups in total. The Morgan fingerprint density at radius 2 is 2.04 bits per heavy atom. The van der Waals surface area contributed by atoms with Crippen molar-refractivity contribution in [1.82, 2.24) is 4.98 Å². The summed E-state index contributed by atoms with van der Waals surface area (Å²) < 4.78 is 1.14. The van der Waals surface area contributed by atoms with E-state index in [0.29, 0.717) is 5.13 Å². The molecular weight excluding hydrogens is 326 g/mol. The lowest BCUT2D eigenvalue weighted by atomic mass is 10.1. The molecule has 1 saturated heterocycles. The predicted octanol–water partition coefficient (Wildman–Crippen LogP) is 4.33. The van der Waals surface area contributed by atoms with Crippen LogP contribution in [0, 0.1) is 13.8 Å². The number of nitrogens with zero attached hydrogens (tertiary/aromatic N) is 2. The van der Waals surface area contributed by atoms with Gasteiger partial charge in [0.15, 0.2) is 5.13 Å². The van der Waals surface area contributed by atoms with Crippen LogP contribution in [0.5, 0.6) is 0 Å². The topological polar surface area (TPSA) is 45.2 Å². The van der Waals surface area contributed by atoms with Gasteiger partial charge < -0.3 is 4.90 Å². The number of carbonyl (C=O) groups is 1. The number of thiazole rings is 1. The van der Waals surface area contributed by atoms with Gasteiger partial charge in [-0.1, -0.05) is 23.0 Å². The number of amides is 1. The van der Waals surface area contributed by atoms with E-state index < -0.39 is 0 Å². The van der Waals surface area contributed by atoms with Crippen molar-refractivity contribution < 1.29 is 4.79 Å². The number of hydrogen-bond acceptors (Lipinski definition) is 5. The van der Waals surface area contributed by atoms with E-state index in [9.17, 15) is 4.79 Å². The van der Waals surface area contributed by atoms with E-state index in [0.717, 1.165) is 39.8 Å². The van der Waals surface area contributed by atoms with E-state index in [1.807, 2.05) is 26.2 Å². The average molecular weight is 348 g/mol. The zero-order valence-corrected chi connectivity index (χ0v) is 15.3. The summed E-state index contributed by atoms with van der Waals surface area (Å²) in [5.41, 5.74) is 3.84. The first-order valence-electron chi connectivity index (χ1n) is 7.77. The van der Waals surface area contributed by atoms with E-state index in [-0.39, 0.29) is 5.91 Å². The van der Waals surface area contributed by atoms with Crippen LogP contribution in [-0.2, 0) is 0 Å². The third-order valence-electron chi connectivity index (χ3n) is 4.00. The van der Waals surface area contributed by atoms with Crippen LogP contribution in [0.2, 0.25) is 0 Å². The van der Waals surface area contributed by atoms with Crippen molar-refractivity contribution in [2.75, 3.05) is 29.6 Å². The summed E-state index contributed by atoms with van der Waals surface area (Å²) in [6, 6.07) is 6.11. The Labute approximate surface area is 145 Å². The lowest BCUT2D eigenvalue weighted by molar-refractivity contribution is 0.102. The minimum Gasteiger partial charge on any atom is -0.371 e. The Morgan fingerprint density at radius 1 is 1.30 bits per heavy atom. The molecule has 1 aliphatic rings. The number of thioether (sulfide) groups is 1. The van der Waals surface area contributed by atoms with Gasteiger partial charge in [-0.3, -0.25) is 10.1 Å². The third kappa shape index (κ3) is 3.53. The Hall–Kier alpha value is -1.53. The fourth-order valence-electron chi connectivity index (χ4n) is 2.86.